The van der Waals surface area contributed by atoms with Crippen molar-refractivity contribution in [2.75, 3.05) is 13.7 Å². The highest BCUT2D eigenvalue weighted by Gasteiger charge is 2.57. The van der Waals surface area contributed by atoms with Gasteiger partial charge in [-0.3, -0.25) is 0 Å². The van der Waals surface area contributed by atoms with Crippen molar-refractivity contribution in [1.82, 2.24) is 0 Å². The van der Waals surface area contributed by atoms with E-state index in [1.54, 1.807) is 7.11 Å². The predicted octanol–water partition coefficient (Wildman–Crippen LogP) is 5.43. The lowest BCUT2D eigenvalue weighted by molar-refractivity contribution is -0.124. The molecule has 0 unspecified atom stereocenters. The van der Waals surface area contributed by atoms with Crippen LogP contribution < -0.4 is 0 Å². The Morgan fingerprint density at radius 3 is 2.52 bits per heavy atom. The minimum atomic E-state index is -0.536. The van der Waals surface area contributed by atoms with Crippen LogP contribution in [-0.2, 0) is 4.74 Å². The average Bonchev–Trinajstić information content (AvgIpc) is 2.91. The smallest absolute Gasteiger partial charge is 0.0882 e. The first kappa shape index (κ1) is 18.3. The minimum Gasteiger partial charge on any atom is -0.387 e. The van der Waals surface area contributed by atoms with E-state index in [0.29, 0.717) is 12.0 Å². The summed E-state index contributed by atoms with van der Waals surface area (Å²) in [5, 5.41) is 10.9. The highest BCUT2D eigenvalue weighted by atomic mass is 16.5. The monoisotopic (exact) mass is 348 g/mol. The van der Waals surface area contributed by atoms with E-state index in [1.165, 1.54) is 57.8 Å². The first-order chi connectivity index (χ1) is 12.0. The molecule has 0 aromatic carbocycles. The lowest BCUT2D eigenvalue weighted by Crippen LogP contribution is -2.51. The predicted molar refractivity (Wildman–Crippen MR) is 102 cm³/mol. The molecule has 1 N–H and O–H groups in total. The highest BCUT2D eigenvalue weighted by molar-refractivity contribution is 5.06. The summed E-state index contributed by atoms with van der Waals surface area (Å²) in [5.41, 5.74) is 0.112. The fourth-order valence-electron chi connectivity index (χ4n) is 8.29. The molecule has 8 atom stereocenters. The van der Waals surface area contributed by atoms with Gasteiger partial charge in [0, 0.05) is 7.11 Å². The molecule has 0 heterocycles. The lowest BCUT2D eigenvalue weighted by atomic mass is 9.49. The van der Waals surface area contributed by atoms with Gasteiger partial charge in [0.25, 0.3) is 0 Å². The largest absolute Gasteiger partial charge is 0.387 e. The number of aliphatic hydroxyl groups is 1. The van der Waals surface area contributed by atoms with Crippen molar-refractivity contribution < 1.29 is 9.84 Å². The van der Waals surface area contributed by atoms with Crippen LogP contribution in [0.4, 0.5) is 0 Å². The molecular weight excluding hydrogens is 308 g/mol. The Bertz CT molecular complexity index is 477. The van der Waals surface area contributed by atoms with Gasteiger partial charge in [-0.25, -0.2) is 0 Å². The van der Waals surface area contributed by atoms with E-state index in [2.05, 4.69) is 13.8 Å². The SMILES string of the molecule is CCC[C@H]1CC[C@H]2[C@@H]3CC[C@@H]4C[C@](O)(COC)CC[C@@H]4[C@H]3CC[C@]12C. The lowest BCUT2D eigenvalue weighted by Gasteiger charge is -2.57. The van der Waals surface area contributed by atoms with Crippen molar-refractivity contribution in [2.24, 2.45) is 40.9 Å². The summed E-state index contributed by atoms with van der Waals surface area (Å²) in [5.74, 6) is 5.61. The van der Waals surface area contributed by atoms with Crippen LogP contribution in [0.2, 0.25) is 0 Å². The maximum atomic E-state index is 10.9. The van der Waals surface area contributed by atoms with Gasteiger partial charge in [0.1, 0.15) is 0 Å². The van der Waals surface area contributed by atoms with Gasteiger partial charge in [-0.2, -0.15) is 0 Å². The summed E-state index contributed by atoms with van der Waals surface area (Å²) in [7, 11) is 1.73. The van der Waals surface area contributed by atoms with E-state index < -0.39 is 5.60 Å². The fraction of sp³-hybridized carbons (Fsp3) is 1.00. The summed E-state index contributed by atoms with van der Waals surface area (Å²) < 4.78 is 5.33. The molecule has 0 aromatic rings. The third kappa shape index (κ3) is 3.00. The van der Waals surface area contributed by atoms with E-state index in [1.807, 2.05) is 0 Å². The molecule has 4 aliphatic rings. The van der Waals surface area contributed by atoms with Crippen LogP contribution in [0, 0.1) is 40.9 Å². The van der Waals surface area contributed by atoms with Gasteiger partial charge in [0.05, 0.1) is 12.2 Å². The van der Waals surface area contributed by atoms with Crippen molar-refractivity contribution in [2.45, 2.75) is 90.1 Å². The van der Waals surface area contributed by atoms with Gasteiger partial charge in [0.2, 0.25) is 0 Å². The standard InChI is InChI=1S/C23H40O2/c1-4-5-17-7-9-21-20-8-6-16-14-23(24,15-25-3)13-11-18(16)19(20)10-12-22(17,21)2/h16-21,24H,4-15H2,1-3H3/t16-,17+,18+,19-,20-,21+,22-,23+/m1/s1. The third-order valence-electron chi connectivity index (χ3n) is 9.35. The quantitative estimate of drug-likeness (QED) is 0.734. The number of fused-ring (bicyclic) bond motifs is 5. The Balaban J connectivity index is 1.48. The zero-order valence-electron chi connectivity index (χ0n) is 16.8. The molecule has 4 saturated carbocycles. The maximum Gasteiger partial charge on any atom is 0.0882 e. The molecule has 0 aliphatic heterocycles. The summed E-state index contributed by atoms with van der Waals surface area (Å²) in [4.78, 5) is 0. The van der Waals surface area contributed by atoms with E-state index in [-0.39, 0.29) is 0 Å². The van der Waals surface area contributed by atoms with Crippen LogP contribution in [0.25, 0.3) is 0 Å². The Labute approximate surface area is 155 Å². The Morgan fingerprint density at radius 2 is 1.76 bits per heavy atom. The van der Waals surface area contributed by atoms with Gasteiger partial charge in [-0.15, -0.1) is 0 Å². The van der Waals surface area contributed by atoms with Gasteiger partial charge < -0.3 is 9.84 Å². The van der Waals surface area contributed by atoms with Crippen LogP contribution in [-0.4, -0.2) is 24.4 Å². The molecular formula is C23H40O2. The number of rotatable bonds is 4. The summed E-state index contributed by atoms with van der Waals surface area (Å²) >= 11 is 0. The zero-order valence-corrected chi connectivity index (χ0v) is 16.8. The van der Waals surface area contributed by atoms with E-state index >= 15 is 0 Å². The number of hydrogen-bond acceptors (Lipinski definition) is 2. The molecule has 4 rings (SSSR count). The molecule has 144 valence electrons. The summed E-state index contributed by atoms with van der Waals surface area (Å²) in [6.45, 7) is 5.56. The van der Waals surface area contributed by atoms with Crippen LogP contribution in [0.1, 0.15) is 84.5 Å². The van der Waals surface area contributed by atoms with Crippen molar-refractivity contribution in [3.8, 4) is 0 Å². The van der Waals surface area contributed by atoms with Crippen molar-refractivity contribution in [3.63, 3.8) is 0 Å². The highest BCUT2D eigenvalue weighted by Crippen LogP contribution is 2.65. The van der Waals surface area contributed by atoms with Gasteiger partial charge >= 0.3 is 0 Å². The van der Waals surface area contributed by atoms with E-state index in [0.717, 1.165) is 48.3 Å². The van der Waals surface area contributed by atoms with Gasteiger partial charge in [-0.05, 0) is 98.7 Å². The maximum absolute atomic E-state index is 10.9. The van der Waals surface area contributed by atoms with Crippen LogP contribution in [0.5, 0.6) is 0 Å². The minimum absolute atomic E-state index is 0.531. The Hall–Kier alpha value is -0.0800. The van der Waals surface area contributed by atoms with Crippen LogP contribution >= 0.6 is 0 Å². The molecule has 0 amide bonds. The van der Waals surface area contributed by atoms with Crippen molar-refractivity contribution in [3.05, 3.63) is 0 Å². The molecule has 4 fully saturated rings. The normalized spacial score (nSPS) is 52.3. The molecule has 0 radical (unpaired) electrons. The molecule has 2 heteroatoms. The Morgan fingerprint density at radius 1 is 0.960 bits per heavy atom. The Kier molecular flexibility index (Phi) is 4.99. The first-order valence-corrected chi connectivity index (χ1v) is 11.2. The molecule has 4 aliphatic carbocycles. The second kappa shape index (κ2) is 6.82. The van der Waals surface area contributed by atoms with Gasteiger partial charge in [-0.1, -0.05) is 26.7 Å². The van der Waals surface area contributed by atoms with Crippen molar-refractivity contribution in [1.29, 1.82) is 0 Å². The molecule has 0 aromatic heterocycles. The van der Waals surface area contributed by atoms with E-state index in [9.17, 15) is 5.11 Å². The first-order valence-electron chi connectivity index (χ1n) is 11.2. The number of hydrogen-bond donors (Lipinski definition) is 1. The number of methoxy groups -OCH3 is 1. The molecule has 0 saturated heterocycles. The molecule has 0 spiro atoms. The third-order valence-corrected chi connectivity index (χ3v) is 9.35. The zero-order chi connectivity index (χ0) is 17.7. The summed E-state index contributed by atoms with van der Waals surface area (Å²) in [6.07, 6.45) is 14.8. The van der Waals surface area contributed by atoms with Crippen molar-refractivity contribution >= 4 is 0 Å². The second-order valence-corrected chi connectivity index (χ2v) is 10.4. The number of ether oxygens (including phenoxy) is 1. The fourth-order valence-corrected chi connectivity index (χ4v) is 8.29. The molecule has 0 bridgehead atoms. The van der Waals surface area contributed by atoms with Gasteiger partial charge in [0.15, 0.2) is 0 Å². The second-order valence-electron chi connectivity index (χ2n) is 10.4. The topological polar surface area (TPSA) is 29.5 Å². The van der Waals surface area contributed by atoms with E-state index in [4.69, 9.17) is 4.74 Å². The molecule has 2 nitrogen and oxygen atoms in total. The van der Waals surface area contributed by atoms with Crippen LogP contribution in [0.15, 0.2) is 0 Å². The molecule has 25 heavy (non-hydrogen) atoms. The summed E-state index contributed by atoms with van der Waals surface area (Å²) in [6, 6.07) is 0. The average molecular weight is 349 g/mol. The van der Waals surface area contributed by atoms with Crippen LogP contribution in [0.3, 0.4) is 0 Å².